The summed E-state index contributed by atoms with van der Waals surface area (Å²) in [6.07, 6.45) is 2.71. The van der Waals surface area contributed by atoms with Crippen LogP contribution in [0.4, 0.5) is 0 Å². The van der Waals surface area contributed by atoms with Gasteiger partial charge in [-0.05, 0) is 37.0 Å². The van der Waals surface area contributed by atoms with Crippen LogP contribution < -0.4 is 10.5 Å². The molecule has 0 aromatic heterocycles. The van der Waals surface area contributed by atoms with Crippen molar-refractivity contribution in [3.8, 4) is 5.75 Å². The largest absolute Gasteiger partial charge is 0.497 e. The van der Waals surface area contributed by atoms with Crippen LogP contribution in [0.1, 0.15) is 30.7 Å². The van der Waals surface area contributed by atoms with Crippen LogP contribution in [0.2, 0.25) is 0 Å². The summed E-state index contributed by atoms with van der Waals surface area (Å²) in [5, 5.41) is 0. The average molecular weight is 260 g/mol. The number of likely N-dealkylation sites (tertiary alicyclic amines) is 1. The van der Waals surface area contributed by atoms with Crippen molar-refractivity contribution in [3.63, 3.8) is 0 Å². The highest BCUT2D eigenvalue weighted by atomic mass is 16.5. The summed E-state index contributed by atoms with van der Waals surface area (Å²) >= 11 is 0. The molecule has 1 aliphatic carbocycles. The van der Waals surface area contributed by atoms with Crippen LogP contribution in [0.25, 0.3) is 0 Å². The van der Waals surface area contributed by atoms with Crippen LogP contribution in [-0.2, 0) is 4.79 Å². The highest BCUT2D eigenvalue weighted by molar-refractivity contribution is 5.89. The zero-order valence-corrected chi connectivity index (χ0v) is 11.3. The van der Waals surface area contributed by atoms with Crippen molar-refractivity contribution in [2.24, 2.45) is 5.73 Å². The number of methoxy groups -OCH3 is 1. The van der Waals surface area contributed by atoms with Gasteiger partial charge in [-0.3, -0.25) is 4.79 Å². The van der Waals surface area contributed by atoms with Crippen LogP contribution in [-0.4, -0.2) is 36.5 Å². The molecule has 1 atom stereocenters. The lowest BCUT2D eigenvalue weighted by Crippen LogP contribution is -2.44. The molecule has 1 saturated carbocycles. The molecule has 19 heavy (non-hydrogen) atoms. The Bertz CT molecular complexity index is 479. The molecule has 102 valence electrons. The molecule has 1 unspecified atom stereocenters. The first-order valence-electron chi connectivity index (χ1n) is 6.84. The number of hydrogen-bond donors (Lipinski definition) is 1. The van der Waals surface area contributed by atoms with Crippen LogP contribution in [0.15, 0.2) is 24.3 Å². The van der Waals surface area contributed by atoms with Gasteiger partial charge < -0.3 is 15.4 Å². The first-order valence-corrected chi connectivity index (χ1v) is 6.84. The van der Waals surface area contributed by atoms with Gasteiger partial charge in [-0.2, -0.15) is 0 Å². The molecule has 2 N–H and O–H groups in total. The van der Waals surface area contributed by atoms with E-state index >= 15 is 0 Å². The predicted molar refractivity (Wildman–Crippen MR) is 73.1 cm³/mol. The minimum absolute atomic E-state index is 0.142. The van der Waals surface area contributed by atoms with Crippen molar-refractivity contribution in [2.45, 2.75) is 30.7 Å². The van der Waals surface area contributed by atoms with E-state index in [9.17, 15) is 4.79 Å². The highest BCUT2D eigenvalue weighted by Crippen LogP contribution is 2.37. The maximum atomic E-state index is 12.2. The third-order valence-electron chi connectivity index (χ3n) is 4.28. The predicted octanol–water partition coefficient (Wildman–Crippen LogP) is 1.50. The fourth-order valence-corrected chi connectivity index (χ4v) is 2.76. The zero-order chi connectivity index (χ0) is 13.5. The number of amides is 1. The number of nitrogens with two attached hydrogens (primary N) is 1. The van der Waals surface area contributed by atoms with Crippen LogP contribution in [0.3, 0.4) is 0 Å². The molecule has 1 heterocycles. The smallest absolute Gasteiger partial charge is 0.242 e. The third kappa shape index (κ3) is 2.32. The van der Waals surface area contributed by atoms with Gasteiger partial charge in [-0.1, -0.05) is 12.1 Å². The van der Waals surface area contributed by atoms with E-state index in [1.165, 1.54) is 5.56 Å². The minimum atomic E-state index is -0.533. The Hall–Kier alpha value is -1.55. The van der Waals surface area contributed by atoms with Crippen molar-refractivity contribution in [3.05, 3.63) is 29.8 Å². The second kappa shape index (κ2) is 4.53. The molecule has 1 aromatic carbocycles. The van der Waals surface area contributed by atoms with Gasteiger partial charge in [0.05, 0.1) is 12.6 Å². The summed E-state index contributed by atoms with van der Waals surface area (Å²) in [6.45, 7) is 1.62. The summed E-state index contributed by atoms with van der Waals surface area (Å²) in [5.74, 6) is 1.44. The second-order valence-electron chi connectivity index (χ2n) is 5.67. The van der Waals surface area contributed by atoms with E-state index in [0.717, 1.165) is 38.1 Å². The molecule has 1 aromatic rings. The summed E-state index contributed by atoms with van der Waals surface area (Å²) in [6, 6.07) is 8.13. The Morgan fingerprint density at radius 1 is 1.37 bits per heavy atom. The molecule has 4 heteroatoms. The summed E-state index contributed by atoms with van der Waals surface area (Å²) in [7, 11) is 1.67. The maximum Gasteiger partial charge on any atom is 0.242 e. The first kappa shape index (κ1) is 12.5. The van der Waals surface area contributed by atoms with Crippen molar-refractivity contribution in [1.29, 1.82) is 0 Å². The number of ether oxygens (including phenoxy) is 1. The van der Waals surface area contributed by atoms with Gasteiger partial charge in [-0.25, -0.2) is 0 Å². The topological polar surface area (TPSA) is 55.6 Å². The third-order valence-corrected chi connectivity index (χ3v) is 4.28. The molecule has 0 bridgehead atoms. The van der Waals surface area contributed by atoms with Crippen molar-refractivity contribution in [1.82, 2.24) is 4.90 Å². The van der Waals surface area contributed by atoms with Crippen molar-refractivity contribution >= 4 is 5.91 Å². The van der Waals surface area contributed by atoms with Crippen molar-refractivity contribution < 1.29 is 9.53 Å². The van der Waals surface area contributed by atoms with E-state index in [-0.39, 0.29) is 5.91 Å². The monoisotopic (exact) mass is 260 g/mol. The van der Waals surface area contributed by atoms with Crippen LogP contribution >= 0.6 is 0 Å². The fraction of sp³-hybridized carbons (Fsp3) is 0.533. The number of hydrogen-bond acceptors (Lipinski definition) is 3. The molecule has 0 spiro atoms. The molecule has 4 nitrogen and oxygen atoms in total. The second-order valence-corrected chi connectivity index (χ2v) is 5.67. The Morgan fingerprint density at radius 2 is 2.05 bits per heavy atom. The summed E-state index contributed by atoms with van der Waals surface area (Å²) in [4.78, 5) is 14.1. The molecule has 1 saturated heterocycles. The SMILES string of the molecule is COc1ccc(C2CCN(C(=O)C3(N)CC3)C2)cc1. The number of nitrogens with zero attached hydrogens (tertiary/aromatic N) is 1. The van der Waals surface area contributed by atoms with Gasteiger partial charge in [0.1, 0.15) is 5.75 Å². The molecular formula is C15H20N2O2. The number of carbonyl (C=O) groups is 1. The quantitative estimate of drug-likeness (QED) is 0.896. The van der Waals surface area contributed by atoms with Crippen LogP contribution in [0, 0.1) is 0 Å². The highest BCUT2D eigenvalue weighted by Gasteiger charge is 2.49. The minimum Gasteiger partial charge on any atom is -0.497 e. The first-order chi connectivity index (χ1) is 9.12. The van der Waals surface area contributed by atoms with E-state index in [4.69, 9.17) is 10.5 Å². The average Bonchev–Trinajstić information content (AvgIpc) is 3.02. The zero-order valence-electron chi connectivity index (χ0n) is 11.3. The standard InChI is InChI=1S/C15H20N2O2/c1-19-13-4-2-11(3-5-13)12-6-9-17(10-12)14(18)15(16)7-8-15/h2-5,12H,6-10,16H2,1H3. The van der Waals surface area contributed by atoms with Gasteiger partial charge in [0.15, 0.2) is 0 Å². The summed E-state index contributed by atoms with van der Waals surface area (Å²) < 4.78 is 5.16. The Labute approximate surface area is 113 Å². The Kier molecular flexibility index (Phi) is 2.97. The number of benzene rings is 1. The molecule has 1 amide bonds. The molecule has 1 aliphatic heterocycles. The molecule has 3 rings (SSSR count). The molecule has 2 fully saturated rings. The van der Waals surface area contributed by atoms with E-state index < -0.39 is 5.54 Å². The Balaban J connectivity index is 1.66. The molecule has 0 radical (unpaired) electrons. The molecule has 2 aliphatic rings. The lowest BCUT2D eigenvalue weighted by molar-refractivity contribution is -0.132. The lowest BCUT2D eigenvalue weighted by atomic mass is 9.98. The maximum absolute atomic E-state index is 12.2. The van der Waals surface area contributed by atoms with E-state index in [1.807, 2.05) is 17.0 Å². The van der Waals surface area contributed by atoms with Gasteiger partial charge in [0, 0.05) is 19.0 Å². The van der Waals surface area contributed by atoms with E-state index in [2.05, 4.69) is 12.1 Å². The Morgan fingerprint density at radius 3 is 2.63 bits per heavy atom. The number of rotatable bonds is 3. The van der Waals surface area contributed by atoms with E-state index in [0.29, 0.717) is 5.92 Å². The fourth-order valence-electron chi connectivity index (χ4n) is 2.76. The number of carbonyl (C=O) groups excluding carboxylic acids is 1. The van der Waals surface area contributed by atoms with Gasteiger partial charge in [-0.15, -0.1) is 0 Å². The van der Waals surface area contributed by atoms with Crippen molar-refractivity contribution in [2.75, 3.05) is 20.2 Å². The summed E-state index contributed by atoms with van der Waals surface area (Å²) in [5.41, 5.74) is 6.73. The van der Waals surface area contributed by atoms with Gasteiger partial charge >= 0.3 is 0 Å². The molecular weight excluding hydrogens is 240 g/mol. The normalized spacial score (nSPS) is 24.3. The van der Waals surface area contributed by atoms with E-state index in [1.54, 1.807) is 7.11 Å². The van der Waals surface area contributed by atoms with Gasteiger partial charge in [0.25, 0.3) is 0 Å². The van der Waals surface area contributed by atoms with Gasteiger partial charge in [0.2, 0.25) is 5.91 Å². The lowest BCUT2D eigenvalue weighted by Gasteiger charge is -2.20. The van der Waals surface area contributed by atoms with Crippen LogP contribution in [0.5, 0.6) is 5.75 Å².